The molecule has 1 heterocycles. The number of imidazole rings is 1. The first-order valence-corrected chi connectivity index (χ1v) is 7.18. The zero-order valence-corrected chi connectivity index (χ0v) is 12.7. The molecule has 0 aliphatic rings. The van der Waals surface area contributed by atoms with Gasteiger partial charge >= 0.3 is 0 Å². The van der Waals surface area contributed by atoms with Gasteiger partial charge < -0.3 is 19.4 Å². The van der Waals surface area contributed by atoms with Crippen molar-refractivity contribution in [1.29, 1.82) is 0 Å². The molecular weight excluding hydrogens is 266 g/mol. The number of benzene rings is 1. The van der Waals surface area contributed by atoms with Crippen molar-refractivity contribution in [3.05, 3.63) is 48.0 Å². The number of aryl methyl sites for hydroxylation is 1. The highest BCUT2D eigenvalue weighted by molar-refractivity contribution is 5.33. The van der Waals surface area contributed by atoms with Crippen molar-refractivity contribution in [1.82, 2.24) is 14.9 Å². The second kappa shape index (κ2) is 8.44. The summed E-state index contributed by atoms with van der Waals surface area (Å²) in [6, 6.07) is 8.11. The van der Waals surface area contributed by atoms with Crippen molar-refractivity contribution >= 4 is 0 Å². The van der Waals surface area contributed by atoms with Crippen molar-refractivity contribution in [2.45, 2.75) is 13.0 Å². The first-order chi connectivity index (χ1) is 10.3. The minimum absolute atomic E-state index is 0.625. The van der Waals surface area contributed by atoms with Gasteiger partial charge in [0.15, 0.2) is 0 Å². The molecule has 0 atom stereocenters. The van der Waals surface area contributed by atoms with Gasteiger partial charge in [0.2, 0.25) is 0 Å². The lowest BCUT2D eigenvalue weighted by Gasteiger charge is -2.12. The van der Waals surface area contributed by atoms with Crippen LogP contribution in [0.2, 0.25) is 0 Å². The van der Waals surface area contributed by atoms with Crippen LogP contribution in [-0.2, 0) is 24.8 Å². The number of rotatable bonds is 9. The van der Waals surface area contributed by atoms with E-state index < -0.39 is 0 Å². The molecule has 0 aliphatic carbocycles. The molecule has 0 bridgehead atoms. The minimum Gasteiger partial charge on any atom is -0.493 e. The molecule has 2 rings (SSSR count). The Morgan fingerprint density at radius 3 is 2.86 bits per heavy atom. The number of hydrogen-bond acceptors (Lipinski definition) is 4. The molecule has 21 heavy (non-hydrogen) atoms. The lowest BCUT2D eigenvalue weighted by molar-refractivity contribution is 0.199. The quantitative estimate of drug-likeness (QED) is 0.715. The fraction of sp³-hybridized carbons (Fsp3) is 0.438. The van der Waals surface area contributed by atoms with Crippen LogP contribution in [0.4, 0.5) is 0 Å². The predicted octanol–water partition coefficient (Wildman–Crippen LogP) is 1.78. The standard InChI is InChI=1S/C16H23N3O2/c1-19-10-8-18-16(19)7-11-21-15-6-4-3-5-14(15)13-17-9-12-20-2/h3-6,8,10,17H,7,9,11-13H2,1-2H3. The third-order valence-corrected chi connectivity index (χ3v) is 3.28. The maximum Gasteiger partial charge on any atom is 0.123 e. The summed E-state index contributed by atoms with van der Waals surface area (Å²) in [6.07, 6.45) is 4.56. The third kappa shape index (κ3) is 4.88. The van der Waals surface area contributed by atoms with Crippen LogP contribution in [0.5, 0.6) is 5.75 Å². The van der Waals surface area contributed by atoms with E-state index in [4.69, 9.17) is 9.47 Å². The molecule has 1 N–H and O–H groups in total. The molecule has 0 saturated carbocycles. The fourth-order valence-corrected chi connectivity index (χ4v) is 2.08. The summed E-state index contributed by atoms with van der Waals surface area (Å²) in [5.41, 5.74) is 1.16. The SMILES string of the molecule is COCCNCc1ccccc1OCCc1nccn1C. The lowest BCUT2D eigenvalue weighted by Crippen LogP contribution is -2.19. The fourth-order valence-electron chi connectivity index (χ4n) is 2.08. The summed E-state index contributed by atoms with van der Waals surface area (Å²) in [5.74, 6) is 1.96. The maximum absolute atomic E-state index is 5.90. The zero-order valence-electron chi connectivity index (χ0n) is 12.7. The van der Waals surface area contributed by atoms with Gasteiger partial charge in [0.1, 0.15) is 11.6 Å². The van der Waals surface area contributed by atoms with E-state index in [1.165, 1.54) is 0 Å². The highest BCUT2D eigenvalue weighted by Gasteiger charge is 2.04. The molecule has 0 aliphatic heterocycles. The Labute approximate surface area is 125 Å². The molecule has 1 aromatic heterocycles. The summed E-state index contributed by atoms with van der Waals surface area (Å²) >= 11 is 0. The highest BCUT2D eigenvalue weighted by atomic mass is 16.5. The van der Waals surface area contributed by atoms with E-state index in [2.05, 4.69) is 16.4 Å². The molecule has 0 amide bonds. The molecule has 5 heteroatoms. The number of para-hydroxylation sites is 1. The molecule has 114 valence electrons. The van der Waals surface area contributed by atoms with E-state index >= 15 is 0 Å². The Balaban J connectivity index is 1.83. The molecule has 0 radical (unpaired) electrons. The number of ether oxygens (including phenoxy) is 2. The van der Waals surface area contributed by atoms with Crippen molar-refractivity contribution in [2.75, 3.05) is 26.9 Å². The largest absolute Gasteiger partial charge is 0.493 e. The van der Waals surface area contributed by atoms with Crippen LogP contribution < -0.4 is 10.1 Å². The average Bonchev–Trinajstić information content (AvgIpc) is 2.90. The number of methoxy groups -OCH3 is 1. The van der Waals surface area contributed by atoms with Gasteiger partial charge in [-0.05, 0) is 6.07 Å². The number of nitrogens with one attached hydrogen (secondary N) is 1. The number of aromatic nitrogens is 2. The first kappa shape index (κ1) is 15.5. The molecule has 0 spiro atoms. The van der Waals surface area contributed by atoms with Gasteiger partial charge in [0.05, 0.1) is 13.2 Å². The van der Waals surface area contributed by atoms with Crippen molar-refractivity contribution in [2.24, 2.45) is 7.05 Å². The van der Waals surface area contributed by atoms with Crippen molar-refractivity contribution < 1.29 is 9.47 Å². The van der Waals surface area contributed by atoms with Gasteiger partial charge in [-0.1, -0.05) is 18.2 Å². The Morgan fingerprint density at radius 1 is 1.24 bits per heavy atom. The van der Waals surface area contributed by atoms with E-state index in [-0.39, 0.29) is 0 Å². The highest BCUT2D eigenvalue weighted by Crippen LogP contribution is 2.17. The average molecular weight is 289 g/mol. The van der Waals surface area contributed by atoms with E-state index in [9.17, 15) is 0 Å². The smallest absolute Gasteiger partial charge is 0.123 e. The molecule has 0 saturated heterocycles. The monoisotopic (exact) mass is 289 g/mol. The minimum atomic E-state index is 0.625. The van der Waals surface area contributed by atoms with Crippen LogP contribution in [0.25, 0.3) is 0 Å². The Hall–Kier alpha value is -1.85. The zero-order chi connectivity index (χ0) is 14.9. The van der Waals surface area contributed by atoms with Crippen LogP contribution in [-0.4, -0.2) is 36.4 Å². The first-order valence-electron chi connectivity index (χ1n) is 7.18. The van der Waals surface area contributed by atoms with Crippen molar-refractivity contribution in [3.63, 3.8) is 0 Å². The molecule has 0 unspecified atom stereocenters. The maximum atomic E-state index is 5.90. The summed E-state index contributed by atoms with van der Waals surface area (Å²) in [5, 5.41) is 3.33. The number of nitrogens with zero attached hydrogens (tertiary/aromatic N) is 2. The van der Waals surface area contributed by atoms with Gasteiger partial charge in [-0.25, -0.2) is 4.98 Å². The topological polar surface area (TPSA) is 48.3 Å². The third-order valence-electron chi connectivity index (χ3n) is 3.28. The summed E-state index contributed by atoms with van der Waals surface area (Å²) in [6.45, 7) is 2.95. The molecule has 2 aromatic rings. The Morgan fingerprint density at radius 2 is 2.10 bits per heavy atom. The normalized spacial score (nSPS) is 10.8. The van der Waals surface area contributed by atoms with Crippen molar-refractivity contribution in [3.8, 4) is 5.75 Å². The molecule has 0 fully saturated rings. The van der Waals surface area contributed by atoms with Gasteiger partial charge in [0.25, 0.3) is 0 Å². The van der Waals surface area contributed by atoms with E-state index in [1.54, 1.807) is 7.11 Å². The van der Waals surface area contributed by atoms with Gasteiger partial charge in [-0.3, -0.25) is 0 Å². The van der Waals surface area contributed by atoms with Crippen LogP contribution in [0.15, 0.2) is 36.7 Å². The van der Waals surface area contributed by atoms with Gasteiger partial charge in [0, 0.05) is 51.6 Å². The predicted molar refractivity (Wildman–Crippen MR) is 82.4 cm³/mol. The summed E-state index contributed by atoms with van der Waals surface area (Å²) < 4.78 is 12.9. The van der Waals surface area contributed by atoms with Crippen LogP contribution >= 0.6 is 0 Å². The Kier molecular flexibility index (Phi) is 6.24. The second-order valence-corrected chi connectivity index (χ2v) is 4.83. The second-order valence-electron chi connectivity index (χ2n) is 4.83. The van der Waals surface area contributed by atoms with Crippen LogP contribution in [0.3, 0.4) is 0 Å². The Bertz CT molecular complexity index is 540. The van der Waals surface area contributed by atoms with Crippen LogP contribution in [0.1, 0.15) is 11.4 Å². The number of hydrogen-bond donors (Lipinski definition) is 1. The molecule has 1 aromatic carbocycles. The van der Waals surface area contributed by atoms with Crippen LogP contribution in [0, 0.1) is 0 Å². The summed E-state index contributed by atoms with van der Waals surface area (Å²) in [7, 11) is 3.70. The lowest BCUT2D eigenvalue weighted by atomic mass is 10.2. The van der Waals surface area contributed by atoms with E-state index in [0.29, 0.717) is 13.2 Å². The van der Waals surface area contributed by atoms with Gasteiger partial charge in [-0.15, -0.1) is 0 Å². The van der Waals surface area contributed by atoms with E-state index in [1.807, 2.05) is 42.2 Å². The molecular formula is C16H23N3O2. The molecule has 5 nitrogen and oxygen atoms in total. The summed E-state index contributed by atoms with van der Waals surface area (Å²) in [4.78, 5) is 4.30. The van der Waals surface area contributed by atoms with Gasteiger partial charge in [-0.2, -0.15) is 0 Å². The van der Waals surface area contributed by atoms with E-state index in [0.717, 1.165) is 36.6 Å².